The minimum Gasteiger partial charge on any atom is -0.0917 e. The van der Waals surface area contributed by atoms with Gasteiger partial charge in [-0.25, -0.2) is 0 Å². The van der Waals surface area contributed by atoms with E-state index in [9.17, 15) is 0 Å². The summed E-state index contributed by atoms with van der Waals surface area (Å²) < 4.78 is 0. The molecule has 0 aromatic rings. The van der Waals surface area contributed by atoms with Crippen LogP contribution >= 0.6 is 0 Å². The van der Waals surface area contributed by atoms with E-state index < -0.39 is 0 Å². The molecular formula is C13H25. The minimum absolute atomic E-state index is 1.11. The predicted octanol–water partition coefficient (Wildman–Crippen LogP) is 4.91. The second-order valence-corrected chi connectivity index (χ2v) is 3.69. The summed E-state index contributed by atoms with van der Waals surface area (Å²) in [5.41, 5.74) is 0. The molecule has 0 aromatic carbocycles. The molecule has 0 spiro atoms. The van der Waals surface area contributed by atoms with Crippen molar-refractivity contribution in [2.45, 2.75) is 64.7 Å². The average Bonchev–Trinajstić information content (AvgIpc) is 2.16. The number of allylic oxidation sites excluding steroid dienone is 2. The van der Waals surface area contributed by atoms with Crippen molar-refractivity contribution in [3.8, 4) is 0 Å². The molecule has 0 bridgehead atoms. The number of unbranched alkanes of at least 4 members (excludes halogenated alkanes) is 8. The van der Waals surface area contributed by atoms with Crippen molar-refractivity contribution >= 4 is 0 Å². The van der Waals surface area contributed by atoms with Gasteiger partial charge in [-0.3, -0.25) is 0 Å². The maximum atomic E-state index is 3.85. The maximum Gasteiger partial charge on any atom is -0.0351 e. The molecule has 1 radical (unpaired) electrons. The summed E-state index contributed by atoms with van der Waals surface area (Å²) in [4.78, 5) is 0. The van der Waals surface area contributed by atoms with Gasteiger partial charge in [-0.1, -0.05) is 64.0 Å². The Morgan fingerprint density at radius 2 is 1.38 bits per heavy atom. The van der Waals surface area contributed by atoms with Crippen molar-refractivity contribution in [1.82, 2.24) is 0 Å². The highest BCUT2D eigenvalue weighted by atomic mass is 14.0. The first-order valence-electron chi connectivity index (χ1n) is 5.82. The van der Waals surface area contributed by atoms with Gasteiger partial charge in [0.15, 0.2) is 0 Å². The van der Waals surface area contributed by atoms with Crippen LogP contribution < -0.4 is 0 Å². The van der Waals surface area contributed by atoms with Crippen molar-refractivity contribution in [2.24, 2.45) is 0 Å². The molecule has 0 heterocycles. The maximum absolute atomic E-state index is 3.85. The van der Waals surface area contributed by atoms with Crippen LogP contribution in [0.2, 0.25) is 0 Å². The third kappa shape index (κ3) is 11.7. The summed E-state index contributed by atoms with van der Waals surface area (Å²) in [6, 6.07) is 0. The standard InChI is InChI=1S/C13H25/c1-3-5-7-9-11-13-12-10-8-6-4-2/h4,6H,1,3,5,7-13H2,2H3/b6-4+. The number of rotatable bonds is 9. The van der Waals surface area contributed by atoms with Gasteiger partial charge >= 0.3 is 0 Å². The first-order valence-corrected chi connectivity index (χ1v) is 5.82. The highest BCUT2D eigenvalue weighted by Gasteiger charge is 1.89. The second-order valence-electron chi connectivity index (χ2n) is 3.69. The van der Waals surface area contributed by atoms with Crippen LogP contribution in [0, 0.1) is 6.92 Å². The third-order valence-electron chi connectivity index (χ3n) is 2.36. The Hall–Kier alpha value is -0.260. The molecule has 0 aliphatic rings. The van der Waals surface area contributed by atoms with Crippen molar-refractivity contribution in [2.75, 3.05) is 0 Å². The Labute approximate surface area is 84.4 Å². The van der Waals surface area contributed by atoms with Gasteiger partial charge in [-0.05, 0) is 19.8 Å². The van der Waals surface area contributed by atoms with Gasteiger partial charge in [0.05, 0.1) is 0 Å². The van der Waals surface area contributed by atoms with Crippen molar-refractivity contribution in [1.29, 1.82) is 0 Å². The van der Waals surface area contributed by atoms with Crippen LogP contribution in [0.25, 0.3) is 0 Å². The van der Waals surface area contributed by atoms with Gasteiger partial charge in [0, 0.05) is 0 Å². The van der Waals surface area contributed by atoms with Gasteiger partial charge in [0.1, 0.15) is 0 Å². The van der Waals surface area contributed by atoms with E-state index in [2.05, 4.69) is 26.0 Å². The van der Waals surface area contributed by atoms with Crippen molar-refractivity contribution in [3.05, 3.63) is 19.1 Å². The van der Waals surface area contributed by atoms with Gasteiger partial charge in [-0.2, -0.15) is 0 Å². The minimum atomic E-state index is 1.11. The van der Waals surface area contributed by atoms with E-state index in [-0.39, 0.29) is 0 Å². The zero-order valence-corrected chi connectivity index (χ0v) is 9.23. The molecule has 77 valence electrons. The lowest BCUT2D eigenvalue weighted by molar-refractivity contribution is 0.583. The normalized spacial score (nSPS) is 11.2. The highest BCUT2D eigenvalue weighted by molar-refractivity contribution is 4.76. The second kappa shape index (κ2) is 11.7. The Morgan fingerprint density at radius 3 is 1.92 bits per heavy atom. The molecule has 0 saturated heterocycles. The first kappa shape index (κ1) is 12.7. The number of hydrogen-bond donors (Lipinski definition) is 0. The fourth-order valence-electron chi connectivity index (χ4n) is 1.49. The predicted molar refractivity (Wildman–Crippen MR) is 61.7 cm³/mol. The van der Waals surface area contributed by atoms with Crippen LogP contribution in [-0.4, -0.2) is 0 Å². The molecule has 0 heteroatoms. The Kier molecular flexibility index (Phi) is 11.5. The van der Waals surface area contributed by atoms with Crippen LogP contribution in [0.5, 0.6) is 0 Å². The Morgan fingerprint density at radius 1 is 0.846 bits per heavy atom. The van der Waals surface area contributed by atoms with E-state index in [4.69, 9.17) is 0 Å². The summed E-state index contributed by atoms with van der Waals surface area (Å²) >= 11 is 0. The molecule has 0 aromatic heterocycles. The SMILES string of the molecule is [CH2]CCCCCCCCC/C=C/C. The van der Waals surface area contributed by atoms with Crippen molar-refractivity contribution < 1.29 is 0 Å². The van der Waals surface area contributed by atoms with Crippen LogP contribution in [0.1, 0.15) is 64.7 Å². The summed E-state index contributed by atoms with van der Waals surface area (Å²) in [7, 11) is 0. The first-order chi connectivity index (χ1) is 6.41. The zero-order valence-electron chi connectivity index (χ0n) is 9.23. The molecule has 0 atom stereocenters. The molecular weight excluding hydrogens is 156 g/mol. The molecule has 0 fully saturated rings. The van der Waals surface area contributed by atoms with E-state index in [1.54, 1.807) is 0 Å². The van der Waals surface area contributed by atoms with Crippen LogP contribution in [-0.2, 0) is 0 Å². The summed E-state index contributed by atoms with van der Waals surface area (Å²) in [5.74, 6) is 0. The smallest absolute Gasteiger partial charge is 0.0351 e. The van der Waals surface area contributed by atoms with E-state index in [1.807, 2.05) is 0 Å². The molecule has 0 unspecified atom stereocenters. The van der Waals surface area contributed by atoms with Gasteiger partial charge in [0.2, 0.25) is 0 Å². The average molecular weight is 181 g/mol. The Balaban J connectivity index is 2.83. The third-order valence-corrected chi connectivity index (χ3v) is 2.36. The fourth-order valence-corrected chi connectivity index (χ4v) is 1.49. The molecule has 0 rings (SSSR count). The zero-order chi connectivity index (χ0) is 9.78. The molecule has 0 nitrogen and oxygen atoms in total. The summed E-state index contributed by atoms with van der Waals surface area (Å²) in [6.45, 7) is 5.94. The Bertz CT molecular complexity index is 103. The lowest BCUT2D eigenvalue weighted by atomic mass is 10.1. The molecule has 13 heavy (non-hydrogen) atoms. The fraction of sp³-hybridized carbons (Fsp3) is 0.769. The van der Waals surface area contributed by atoms with E-state index in [0.29, 0.717) is 0 Å². The van der Waals surface area contributed by atoms with Crippen LogP contribution in [0.15, 0.2) is 12.2 Å². The molecule has 0 N–H and O–H groups in total. The van der Waals surface area contributed by atoms with Crippen molar-refractivity contribution in [3.63, 3.8) is 0 Å². The number of hydrogen-bond acceptors (Lipinski definition) is 0. The van der Waals surface area contributed by atoms with Gasteiger partial charge < -0.3 is 0 Å². The monoisotopic (exact) mass is 181 g/mol. The largest absolute Gasteiger partial charge is 0.0917 e. The molecule has 0 saturated carbocycles. The summed E-state index contributed by atoms with van der Waals surface area (Å²) in [5, 5.41) is 0. The van der Waals surface area contributed by atoms with E-state index in [0.717, 1.165) is 6.42 Å². The van der Waals surface area contributed by atoms with Crippen LogP contribution in [0.4, 0.5) is 0 Å². The molecule has 0 aliphatic heterocycles. The topological polar surface area (TPSA) is 0 Å². The highest BCUT2D eigenvalue weighted by Crippen LogP contribution is 2.09. The quantitative estimate of drug-likeness (QED) is 0.350. The van der Waals surface area contributed by atoms with Gasteiger partial charge in [0.25, 0.3) is 0 Å². The van der Waals surface area contributed by atoms with Crippen LogP contribution in [0.3, 0.4) is 0 Å². The molecule has 0 aliphatic carbocycles. The lowest BCUT2D eigenvalue weighted by Crippen LogP contribution is -1.79. The van der Waals surface area contributed by atoms with E-state index in [1.165, 1.54) is 51.4 Å². The molecule has 0 amide bonds. The lowest BCUT2D eigenvalue weighted by Gasteiger charge is -1.99. The summed E-state index contributed by atoms with van der Waals surface area (Å²) in [6.07, 6.45) is 16.6. The van der Waals surface area contributed by atoms with Gasteiger partial charge in [-0.15, -0.1) is 0 Å². The van der Waals surface area contributed by atoms with E-state index >= 15 is 0 Å².